The lowest BCUT2D eigenvalue weighted by Gasteiger charge is -2.07. The molecular weight excluding hydrogens is 220 g/mol. The molecule has 0 saturated heterocycles. The van der Waals surface area contributed by atoms with Gasteiger partial charge in [0.1, 0.15) is 0 Å². The fourth-order valence-corrected chi connectivity index (χ4v) is 2.40. The molecule has 3 nitrogen and oxygen atoms in total. The van der Waals surface area contributed by atoms with Gasteiger partial charge in [-0.3, -0.25) is 9.36 Å². The van der Waals surface area contributed by atoms with Crippen LogP contribution in [0.3, 0.4) is 0 Å². The number of benzene rings is 1. The highest BCUT2D eigenvalue weighted by atomic mass is 32.1. The van der Waals surface area contributed by atoms with Crippen molar-refractivity contribution in [2.24, 2.45) is 0 Å². The summed E-state index contributed by atoms with van der Waals surface area (Å²) in [4.78, 5) is 15.4. The van der Waals surface area contributed by atoms with Crippen molar-refractivity contribution in [3.05, 3.63) is 38.9 Å². The predicted molar refractivity (Wildman–Crippen MR) is 66.4 cm³/mol. The van der Waals surface area contributed by atoms with Gasteiger partial charge in [0.25, 0.3) is 5.56 Å². The van der Waals surface area contributed by atoms with E-state index in [-0.39, 0.29) is 5.56 Å². The Balaban J connectivity index is 2.48. The van der Waals surface area contributed by atoms with Gasteiger partial charge in [0.05, 0.1) is 10.9 Å². The monoisotopic (exact) mass is 232 g/mol. The molecule has 16 heavy (non-hydrogen) atoms. The fraction of sp³-hybridized carbons (Fsp3) is 0.333. The zero-order chi connectivity index (χ0) is 11.3. The molecule has 0 unspecified atom stereocenters. The van der Waals surface area contributed by atoms with E-state index in [1.165, 1.54) is 0 Å². The molecule has 3 rings (SSSR count). The molecule has 1 fully saturated rings. The molecule has 1 aromatic carbocycles. The van der Waals surface area contributed by atoms with Gasteiger partial charge in [-0.25, -0.2) is 0 Å². The van der Waals surface area contributed by atoms with E-state index < -0.39 is 0 Å². The number of nitrogens with one attached hydrogen (secondary N) is 1. The number of para-hydroxylation sites is 1. The van der Waals surface area contributed by atoms with E-state index in [2.05, 4.69) is 4.98 Å². The van der Waals surface area contributed by atoms with Crippen LogP contribution in [0.2, 0.25) is 0 Å². The first-order chi connectivity index (χ1) is 7.68. The Morgan fingerprint density at radius 3 is 2.88 bits per heavy atom. The summed E-state index contributed by atoms with van der Waals surface area (Å²) in [6, 6.07) is 6.07. The molecule has 4 heteroatoms. The molecule has 0 aliphatic heterocycles. The van der Waals surface area contributed by atoms with Crippen molar-refractivity contribution in [2.45, 2.75) is 25.8 Å². The maximum absolute atomic E-state index is 12.3. The molecule has 1 aliphatic carbocycles. The molecule has 1 heterocycles. The molecule has 0 bridgehead atoms. The molecule has 0 spiro atoms. The Bertz CT molecular complexity index is 679. The Labute approximate surface area is 97.7 Å². The second-order valence-corrected chi connectivity index (χ2v) is 4.72. The molecule has 1 aromatic heterocycles. The summed E-state index contributed by atoms with van der Waals surface area (Å²) in [7, 11) is 0. The number of fused-ring (bicyclic) bond motifs is 1. The van der Waals surface area contributed by atoms with Crippen LogP contribution in [0.1, 0.15) is 24.4 Å². The first kappa shape index (κ1) is 9.78. The Morgan fingerprint density at radius 2 is 2.19 bits per heavy atom. The average Bonchev–Trinajstić information content (AvgIpc) is 3.04. The predicted octanol–water partition coefficient (Wildman–Crippen LogP) is 2.70. The van der Waals surface area contributed by atoms with Gasteiger partial charge in [-0.2, -0.15) is 0 Å². The van der Waals surface area contributed by atoms with Gasteiger partial charge < -0.3 is 4.98 Å². The SMILES string of the molecule is Cc1cccc2c(=O)n(C3CC3)c(=S)[nH]c12. The second-order valence-electron chi connectivity index (χ2n) is 4.33. The van der Waals surface area contributed by atoms with E-state index in [0.29, 0.717) is 10.8 Å². The molecule has 82 valence electrons. The highest BCUT2D eigenvalue weighted by Gasteiger charge is 2.26. The minimum atomic E-state index is 0.0463. The fourth-order valence-electron chi connectivity index (χ4n) is 2.07. The number of H-pyrrole nitrogens is 1. The van der Waals surface area contributed by atoms with Gasteiger partial charge in [-0.05, 0) is 43.6 Å². The van der Waals surface area contributed by atoms with Gasteiger partial charge in [-0.1, -0.05) is 12.1 Å². The topological polar surface area (TPSA) is 37.8 Å². The van der Waals surface area contributed by atoms with Crippen molar-refractivity contribution < 1.29 is 0 Å². The third kappa shape index (κ3) is 1.33. The summed E-state index contributed by atoms with van der Waals surface area (Å²) in [6.45, 7) is 1.98. The van der Waals surface area contributed by atoms with Gasteiger partial charge in [0.15, 0.2) is 4.77 Å². The summed E-state index contributed by atoms with van der Waals surface area (Å²) in [5.41, 5.74) is 1.97. The second kappa shape index (κ2) is 3.28. The van der Waals surface area contributed by atoms with Crippen molar-refractivity contribution in [3.8, 4) is 0 Å². The summed E-state index contributed by atoms with van der Waals surface area (Å²) < 4.78 is 2.27. The van der Waals surface area contributed by atoms with Gasteiger partial charge >= 0.3 is 0 Å². The number of nitrogens with zero attached hydrogens (tertiary/aromatic N) is 1. The van der Waals surface area contributed by atoms with E-state index in [9.17, 15) is 4.79 Å². The lowest BCUT2D eigenvalue weighted by Crippen LogP contribution is -2.21. The van der Waals surface area contributed by atoms with Crippen LogP contribution in [0.5, 0.6) is 0 Å². The molecular formula is C12H12N2OS. The smallest absolute Gasteiger partial charge is 0.262 e. The van der Waals surface area contributed by atoms with Crippen LogP contribution in [-0.2, 0) is 0 Å². The standard InChI is InChI=1S/C12H12N2OS/c1-7-3-2-4-9-10(7)13-12(16)14(11(9)15)8-5-6-8/h2-4,8H,5-6H2,1H3,(H,13,16). The quantitative estimate of drug-likeness (QED) is 0.768. The summed E-state index contributed by atoms with van der Waals surface area (Å²) in [5.74, 6) is 0. The Morgan fingerprint density at radius 1 is 1.44 bits per heavy atom. The van der Waals surface area contributed by atoms with Crippen LogP contribution >= 0.6 is 12.2 Å². The van der Waals surface area contributed by atoms with Crippen molar-refractivity contribution in [3.63, 3.8) is 0 Å². The van der Waals surface area contributed by atoms with Crippen LogP contribution in [0.25, 0.3) is 10.9 Å². The van der Waals surface area contributed by atoms with E-state index in [1.54, 1.807) is 4.57 Å². The van der Waals surface area contributed by atoms with E-state index >= 15 is 0 Å². The summed E-state index contributed by atoms with van der Waals surface area (Å²) in [6.07, 6.45) is 2.13. The first-order valence-electron chi connectivity index (χ1n) is 5.42. The lowest BCUT2D eigenvalue weighted by atomic mass is 10.1. The van der Waals surface area contributed by atoms with Crippen LogP contribution in [0, 0.1) is 11.7 Å². The van der Waals surface area contributed by atoms with Gasteiger partial charge in [0.2, 0.25) is 0 Å². The number of hydrogen-bond donors (Lipinski definition) is 1. The van der Waals surface area contributed by atoms with Crippen molar-refractivity contribution in [1.29, 1.82) is 0 Å². The zero-order valence-corrected chi connectivity index (χ0v) is 9.80. The van der Waals surface area contributed by atoms with Crippen LogP contribution in [0.4, 0.5) is 0 Å². The number of hydrogen-bond acceptors (Lipinski definition) is 2. The maximum atomic E-state index is 12.3. The van der Waals surface area contributed by atoms with Crippen molar-refractivity contribution in [1.82, 2.24) is 9.55 Å². The first-order valence-corrected chi connectivity index (χ1v) is 5.83. The largest absolute Gasteiger partial charge is 0.331 e. The molecule has 0 atom stereocenters. The number of rotatable bonds is 1. The van der Waals surface area contributed by atoms with E-state index in [1.807, 2.05) is 25.1 Å². The van der Waals surface area contributed by atoms with Crippen molar-refractivity contribution in [2.75, 3.05) is 0 Å². The number of aromatic nitrogens is 2. The highest BCUT2D eigenvalue weighted by molar-refractivity contribution is 7.71. The van der Waals surface area contributed by atoms with Crippen LogP contribution < -0.4 is 5.56 Å². The maximum Gasteiger partial charge on any atom is 0.262 e. The minimum Gasteiger partial charge on any atom is -0.331 e. The van der Waals surface area contributed by atoms with Gasteiger partial charge in [-0.15, -0.1) is 0 Å². The third-order valence-corrected chi connectivity index (χ3v) is 3.38. The molecule has 1 aliphatic rings. The summed E-state index contributed by atoms with van der Waals surface area (Å²) >= 11 is 5.25. The normalized spacial score (nSPS) is 15.6. The highest BCUT2D eigenvalue weighted by Crippen LogP contribution is 2.33. The van der Waals surface area contributed by atoms with Crippen LogP contribution in [-0.4, -0.2) is 9.55 Å². The zero-order valence-electron chi connectivity index (χ0n) is 8.99. The Hall–Kier alpha value is -1.42. The summed E-state index contributed by atoms with van der Waals surface area (Å²) in [5, 5.41) is 0.737. The van der Waals surface area contributed by atoms with E-state index in [0.717, 1.165) is 29.3 Å². The van der Waals surface area contributed by atoms with Gasteiger partial charge in [0, 0.05) is 6.04 Å². The molecule has 2 aromatic rings. The Kier molecular flexibility index (Phi) is 2.01. The molecule has 1 saturated carbocycles. The minimum absolute atomic E-state index is 0.0463. The van der Waals surface area contributed by atoms with E-state index in [4.69, 9.17) is 12.2 Å². The van der Waals surface area contributed by atoms with Crippen LogP contribution in [0.15, 0.2) is 23.0 Å². The molecule has 1 N–H and O–H groups in total. The third-order valence-electron chi connectivity index (χ3n) is 3.08. The van der Waals surface area contributed by atoms with Crippen molar-refractivity contribution >= 4 is 23.1 Å². The molecule has 0 radical (unpaired) electrons. The number of aromatic amines is 1. The average molecular weight is 232 g/mol. The lowest BCUT2D eigenvalue weighted by molar-refractivity contribution is 0.685. The number of aryl methyl sites for hydroxylation is 1. The molecule has 0 amide bonds.